The first kappa shape index (κ1) is 22.4. The fourth-order valence-corrected chi connectivity index (χ4v) is 3.32. The van der Waals surface area contributed by atoms with Crippen molar-refractivity contribution in [1.29, 1.82) is 0 Å². The fourth-order valence-electron chi connectivity index (χ4n) is 2.54. The van der Waals surface area contributed by atoms with Gasteiger partial charge in [0.1, 0.15) is 12.1 Å². The number of thiophene rings is 1. The molecule has 1 aromatic carbocycles. The Morgan fingerprint density at radius 2 is 2.00 bits per heavy atom. The third-order valence-electron chi connectivity index (χ3n) is 3.98. The number of nitrogens with zero attached hydrogens (tertiary/aromatic N) is 2. The molecule has 0 aliphatic rings. The highest BCUT2D eigenvalue weighted by Crippen LogP contribution is 2.24. The number of nitrogens with one attached hydrogen (secondary N) is 2. The SMILES string of the molecule is CCNC(=NCc1ncc(-c2ccccc2)o1)NCC(C)(O)c1cccs1.I. The van der Waals surface area contributed by atoms with E-state index in [9.17, 15) is 5.11 Å². The molecule has 28 heavy (non-hydrogen) atoms. The fraction of sp³-hybridized carbons (Fsp3) is 0.300. The molecule has 3 aromatic rings. The molecule has 8 heteroatoms. The molecule has 0 bridgehead atoms. The number of rotatable bonds is 7. The van der Waals surface area contributed by atoms with E-state index in [1.807, 2.05) is 54.8 Å². The molecule has 0 aliphatic heterocycles. The minimum atomic E-state index is -0.965. The average Bonchev–Trinajstić information content (AvgIpc) is 3.37. The van der Waals surface area contributed by atoms with Crippen LogP contribution in [0.25, 0.3) is 11.3 Å². The first-order valence-corrected chi connectivity index (χ1v) is 9.75. The van der Waals surface area contributed by atoms with Gasteiger partial charge in [0.25, 0.3) is 0 Å². The van der Waals surface area contributed by atoms with Crippen molar-refractivity contribution in [3.05, 3.63) is 64.8 Å². The highest BCUT2D eigenvalue weighted by Gasteiger charge is 2.24. The van der Waals surface area contributed by atoms with Crippen LogP contribution < -0.4 is 10.6 Å². The summed E-state index contributed by atoms with van der Waals surface area (Å²) in [5, 5.41) is 19.0. The number of benzene rings is 1. The molecule has 150 valence electrons. The molecule has 0 fully saturated rings. The van der Waals surface area contributed by atoms with Gasteiger partial charge in [0.15, 0.2) is 11.7 Å². The molecule has 6 nitrogen and oxygen atoms in total. The molecule has 0 aliphatic carbocycles. The summed E-state index contributed by atoms with van der Waals surface area (Å²) >= 11 is 1.53. The molecule has 3 rings (SSSR count). The van der Waals surface area contributed by atoms with Crippen molar-refractivity contribution in [3.63, 3.8) is 0 Å². The van der Waals surface area contributed by atoms with Gasteiger partial charge in [-0.05, 0) is 25.3 Å². The van der Waals surface area contributed by atoms with Gasteiger partial charge in [-0.15, -0.1) is 35.3 Å². The van der Waals surface area contributed by atoms with E-state index in [0.29, 0.717) is 31.5 Å². The quantitative estimate of drug-likeness (QED) is 0.254. The first-order chi connectivity index (χ1) is 13.1. The Kier molecular flexibility index (Phi) is 8.46. The van der Waals surface area contributed by atoms with E-state index in [1.54, 1.807) is 13.1 Å². The smallest absolute Gasteiger partial charge is 0.216 e. The van der Waals surface area contributed by atoms with Crippen molar-refractivity contribution < 1.29 is 9.52 Å². The lowest BCUT2D eigenvalue weighted by molar-refractivity contribution is 0.0655. The van der Waals surface area contributed by atoms with Crippen LogP contribution in [0.1, 0.15) is 24.6 Å². The van der Waals surface area contributed by atoms with Gasteiger partial charge in [-0.3, -0.25) is 0 Å². The van der Waals surface area contributed by atoms with Crippen LogP contribution in [0.15, 0.2) is 63.5 Å². The van der Waals surface area contributed by atoms with Crippen LogP contribution in [-0.2, 0) is 12.1 Å². The summed E-state index contributed by atoms with van der Waals surface area (Å²) in [4.78, 5) is 9.71. The number of aliphatic hydroxyl groups is 1. The minimum Gasteiger partial charge on any atom is -0.439 e. The van der Waals surface area contributed by atoms with Gasteiger partial charge in [-0.1, -0.05) is 36.4 Å². The second kappa shape index (κ2) is 10.6. The van der Waals surface area contributed by atoms with Gasteiger partial charge in [-0.2, -0.15) is 0 Å². The number of hydrogen-bond acceptors (Lipinski definition) is 5. The maximum absolute atomic E-state index is 10.6. The second-order valence-corrected chi connectivity index (χ2v) is 7.23. The lowest BCUT2D eigenvalue weighted by atomic mass is 10.1. The Labute approximate surface area is 186 Å². The van der Waals surface area contributed by atoms with Crippen LogP contribution in [-0.4, -0.2) is 29.1 Å². The lowest BCUT2D eigenvalue weighted by Crippen LogP contribution is -2.44. The van der Waals surface area contributed by atoms with Crippen LogP contribution in [0.4, 0.5) is 0 Å². The molecule has 2 heterocycles. The maximum atomic E-state index is 10.6. The molecule has 0 saturated carbocycles. The molecule has 0 radical (unpaired) electrons. The highest BCUT2D eigenvalue weighted by atomic mass is 127. The Balaban J connectivity index is 0.00000280. The van der Waals surface area contributed by atoms with Crippen LogP contribution in [0.5, 0.6) is 0 Å². The first-order valence-electron chi connectivity index (χ1n) is 8.87. The Morgan fingerprint density at radius 3 is 2.68 bits per heavy atom. The molecule has 3 N–H and O–H groups in total. The number of aliphatic imine (C=N–C) groups is 1. The van der Waals surface area contributed by atoms with Gasteiger partial charge in [0.05, 0.1) is 12.7 Å². The monoisotopic (exact) mass is 512 g/mol. The van der Waals surface area contributed by atoms with Gasteiger partial charge in [0, 0.05) is 17.0 Å². The van der Waals surface area contributed by atoms with Gasteiger partial charge in [-0.25, -0.2) is 9.98 Å². The Bertz CT molecular complexity index is 863. The Morgan fingerprint density at radius 1 is 1.21 bits per heavy atom. The van der Waals surface area contributed by atoms with E-state index in [-0.39, 0.29) is 24.0 Å². The molecule has 0 amide bonds. The predicted molar refractivity (Wildman–Crippen MR) is 124 cm³/mol. The molecular weight excluding hydrogens is 487 g/mol. The zero-order chi connectivity index (χ0) is 19.1. The van der Waals surface area contributed by atoms with Crippen molar-refractivity contribution in [2.24, 2.45) is 4.99 Å². The van der Waals surface area contributed by atoms with Crippen LogP contribution in [0.2, 0.25) is 0 Å². The summed E-state index contributed by atoms with van der Waals surface area (Å²) in [5.74, 6) is 1.87. The van der Waals surface area contributed by atoms with Crippen molar-refractivity contribution in [2.45, 2.75) is 26.0 Å². The normalized spacial score (nSPS) is 13.5. The molecule has 1 unspecified atom stereocenters. The summed E-state index contributed by atoms with van der Waals surface area (Å²) in [7, 11) is 0. The minimum absolute atomic E-state index is 0. The number of hydrogen-bond donors (Lipinski definition) is 3. The van der Waals surface area contributed by atoms with Gasteiger partial charge in [0.2, 0.25) is 5.89 Å². The Hall–Kier alpha value is -1.91. The third-order valence-corrected chi connectivity index (χ3v) is 5.10. The molecular formula is C20H25IN4O2S. The van der Waals surface area contributed by atoms with Gasteiger partial charge >= 0.3 is 0 Å². The number of halogens is 1. The summed E-state index contributed by atoms with van der Waals surface area (Å²) in [6.45, 7) is 5.15. The van der Waals surface area contributed by atoms with E-state index in [2.05, 4.69) is 20.6 Å². The predicted octanol–water partition coefficient (Wildman–Crippen LogP) is 3.98. The van der Waals surface area contributed by atoms with E-state index in [1.165, 1.54) is 11.3 Å². The number of aromatic nitrogens is 1. The van der Waals surface area contributed by atoms with Crippen LogP contribution in [0.3, 0.4) is 0 Å². The molecule has 1 atom stereocenters. The van der Waals surface area contributed by atoms with E-state index >= 15 is 0 Å². The molecule has 2 aromatic heterocycles. The van der Waals surface area contributed by atoms with Crippen LogP contribution >= 0.6 is 35.3 Å². The number of guanidine groups is 1. The average molecular weight is 512 g/mol. The summed E-state index contributed by atoms with van der Waals surface area (Å²) in [6.07, 6.45) is 1.71. The van der Waals surface area contributed by atoms with Crippen molar-refractivity contribution in [3.8, 4) is 11.3 Å². The second-order valence-electron chi connectivity index (χ2n) is 6.28. The molecule has 0 spiro atoms. The standard InChI is InChI=1S/C20H24N4O2S.HI/c1-3-21-19(24-14-20(2,25)17-10-7-11-27-17)23-13-18-22-12-16(26-18)15-8-5-4-6-9-15;/h4-12,25H,3,13-14H2,1-2H3,(H2,21,23,24);1H. The van der Waals surface area contributed by atoms with E-state index in [0.717, 1.165) is 16.2 Å². The zero-order valence-corrected chi connectivity index (χ0v) is 19.0. The van der Waals surface area contributed by atoms with E-state index in [4.69, 9.17) is 4.42 Å². The van der Waals surface area contributed by atoms with Gasteiger partial charge < -0.3 is 20.2 Å². The lowest BCUT2D eigenvalue weighted by Gasteiger charge is -2.23. The zero-order valence-electron chi connectivity index (χ0n) is 15.9. The largest absolute Gasteiger partial charge is 0.439 e. The third kappa shape index (κ3) is 6.05. The topological polar surface area (TPSA) is 82.7 Å². The van der Waals surface area contributed by atoms with Crippen LogP contribution in [0, 0.1) is 0 Å². The summed E-state index contributed by atoms with van der Waals surface area (Å²) in [6, 6.07) is 13.7. The maximum Gasteiger partial charge on any atom is 0.216 e. The highest BCUT2D eigenvalue weighted by molar-refractivity contribution is 14.0. The van der Waals surface area contributed by atoms with Crippen molar-refractivity contribution in [1.82, 2.24) is 15.6 Å². The number of oxazole rings is 1. The van der Waals surface area contributed by atoms with Crippen molar-refractivity contribution in [2.75, 3.05) is 13.1 Å². The summed E-state index contributed by atoms with van der Waals surface area (Å²) in [5.41, 5.74) is 0.0191. The van der Waals surface area contributed by atoms with Crippen molar-refractivity contribution >= 4 is 41.3 Å². The molecule has 0 saturated heterocycles. The summed E-state index contributed by atoms with van der Waals surface area (Å²) < 4.78 is 5.78. The van der Waals surface area contributed by atoms with E-state index < -0.39 is 5.60 Å².